The summed E-state index contributed by atoms with van der Waals surface area (Å²) in [4.78, 5) is 16.6. The lowest BCUT2D eigenvalue weighted by Crippen LogP contribution is -2.07. The molecule has 0 aromatic heterocycles. The molecule has 0 unspecified atom stereocenters. The second-order valence-corrected chi connectivity index (χ2v) is 5.41. The minimum absolute atomic E-state index is 0.196. The molecule has 1 aliphatic rings. The number of cyclic esters (lactones) is 1. The highest BCUT2D eigenvalue weighted by molar-refractivity contribution is 6.13. The van der Waals surface area contributed by atoms with Crippen molar-refractivity contribution in [2.75, 3.05) is 20.8 Å². The van der Waals surface area contributed by atoms with Crippen LogP contribution in [-0.4, -0.2) is 32.7 Å². The van der Waals surface area contributed by atoms with E-state index in [9.17, 15) is 4.79 Å². The Hall–Kier alpha value is -3.28. The van der Waals surface area contributed by atoms with Crippen molar-refractivity contribution in [2.45, 2.75) is 6.92 Å². The van der Waals surface area contributed by atoms with Crippen LogP contribution in [0.25, 0.3) is 6.08 Å². The molecule has 3 rings (SSSR count). The minimum Gasteiger partial charge on any atom is -0.497 e. The van der Waals surface area contributed by atoms with E-state index in [-0.39, 0.29) is 11.6 Å². The van der Waals surface area contributed by atoms with Crippen LogP contribution in [0.5, 0.6) is 17.2 Å². The fourth-order valence-corrected chi connectivity index (χ4v) is 2.52. The Morgan fingerprint density at radius 2 is 1.77 bits per heavy atom. The molecule has 0 fully saturated rings. The van der Waals surface area contributed by atoms with Crippen molar-refractivity contribution in [3.63, 3.8) is 0 Å². The number of carbonyl (C=O) groups excluding carboxylic acids is 1. The van der Waals surface area contributed by atoms with E-state index >= 15 is 0 Å². The molecule has 0 saturated carbocycles. The Morgan fingerprint density at radius 1 is 1.08 bits per heavy atom. The third-order valence-electron chi connectivity index (χ3n) is 3.71. The molecular formula is C20H19NO5. The van der Waals surface area contributed by atoms with Gasteiger partial charge in [0.1, 0.15) is 17.2 Å². The number of para-hydroxylation sites is 1. The first-order valence-corrected chi connectivity index (χ1v) is 8.12. The van der Waals surface area contributed by atoms with Gasteiger partial charge in [-0.25, -0.2) is 9.79 Å². The van der Waals surface area contributed by atoms with E-state index in [0.717, 1.165) is 5.56 Å². The smallest absolute Gasteiger partial charge is 0.363 e. The molecule has 0 radical (unpaired) electrons. The molecule has 2 aromatic rings. The monoisotopic (exact) mass is 353 g/mol. The molecule has 0 amide bonds. The summed E-state index contributed by atoms with van der Waals surface area (Å²) in [7, 11) is 3.13. The minimum atomic E-state index is -0.520. The number of hydrogen-bond acceptors (Lipinski definition) is 6. The number of aliphatic imine (C=N–C) groups is 1. The van der Waals surface area contributed by atoms with E-state index in [1.165, 1.54) is 0 Å². The zero-order valence-corrected chi connectivity index (χ0v) is 14.8. The number of esters is 1. The Kier molecular flexibility index (Phi) is 5.22. The van der Waals surface area contributed by atoms with Crippen molar-refractivity contribution in [3.8, 4) is 17.2 Å². The van der Waals surface area contributed by atoms with E-state index < -0.39 is 5.97 Å². The van der Waals surface area contributed by atoms with Gasteiger partial charge in [0.25, 0.3) is 0 Å². The highest BCUT2D eigenvalue weighted by Crippen LogP contribution is 2.28. The maximum atomic E-state index is 12.2. The molecule has 0 aliphatic carbocycles. The molecular weight excluding hydrogens is 334 g/mol. The lowest BCUT2D eigenvalue weighted by Gasteiger charge is -2.08. The van der Waals surface area contributed by atoms with Crippen LogP contribution in [0, 0.1) is 0 Å². The first-order chi connectivity index (χ1) is 12.6. The Bertz CT molecular complexity index is 863. The van der Waals surface area contributed by atoms with Gasteiger partial charge in [-0.1, -0.05) is 12.1 Å². The van der Waals surface area contributed by atoms with Crippen molar-refractivity contribution in [1.29, 1.82) is 0 Å². The average Bonchev–Trinajstić information content (AvgIpc) is 3.02. The number of carbonyl (C=O) groups is 1. The van der Waals surface area contributed by atoms with Crippen molar-refractivity contribution in [2.24, 2.45) is 4.99 Å². The second kappa shape index (κ2) is 7.74. The van der Waals surface area contributed by atoms with E-state index in [1.807, 2.05) is 25.1 Å². The Balaban J connectivity index is 1.97. The fourth-order valence-electron chi connectivity index (χ4n) is 2.52. The van der Waals surface area contributed by atoms with Gasteiger partial charge < -0.3 is 18.9 Å². The summed E-state index contributed by atoms with van der Waals surface area (Å²) in [5, 5.41) is 0. The van der Waals surface area contributed by atoms with Gasteiger partial charge in [-0.2, -0.15) is 0 Å². The zero-order valence-electron chi connectivity index (χ0n) is 14.8. The molecule has 0 saturated heterocycles. The number of hydrogen-bond donors (Lipinski definition) is 0. The molecule has 2 aromatic carbocycles. The SMILES string of the molecule is CCOc1ccccc1C1=N/C(=C\c2cc(OC)cc(OC)c2)C(=O)O1. The summed E-state index contributed by atoms with van der Waals surface area (Å²) in [6, 6.07) is 12.6. The highest BCUT2D eigenvalue weighted by Gasteiger charge is 2.26. The number of methoxy groups -OCH3 is 2. The number of ether oxygens (including phenoxy) is 4. The quantitative estimate of drug-likeness (QED) is 0.588. The summed E-state index contributed by atoms with van der Waals surface area (Å²) < 4.78 is 21.4. The molecule has 1 heterocycles. The van der Waals surface area contributed by atoms with Crippen molar-refractivity contribution >= 4 is 17.9 Å². The molecule has 0 bridgehead atoms. The first kappa shape index (κ1) is 17.5. The first-order valence-electron chi connectivity index (χ1n) is 8.12. The van der Waals surface area contributed by atoms with Gasteiger partial charge in [-0.15, -0.1) is 0 Å². The Labute approximate surface area is 151 Å². The van der Waals surface area contributed by atoms with Gasteiger partial charge in [-0.3, -0.25) is 0 Å². The van der Waals surface area contributed by atoms with Gasteiger partial charge in [0, 0.05) is 6.07 Å². The average molecular weight is 353 g/mol. The summed E-state index contributed by atoms with van der Waals surface area (Å²) >= 11 is 0. The summed E-state index contributed by atoms with van der Waals surface area (Å²) in [5.41, 5.74) is 1.55. The Morgan fingerprint density at radius 3 is 2.42 bits per heavy atom. The van der Waals surface area contributed by atoms with Crippen LogP contribution in [-0.2, 0) is 9.53 Å². The van der Waals surface area contributed by atoms with Crippen LogP contribution in [0.3, 0.4) is 0 Å². The van der Waals surface area contributed by atoms with Crippen molar-refractivity contribution in [1.82, 2.24) is 0 Å². The molecule has 6 heteroatoms. The van der Waals surface area contributed by atoms with E-state index in [1.54, 1.807) is 44.6 Å². The molecule has 1 aliphatic heterocycles. The second-order valence-electron chi connectivity index (χ2n) is 5.41. The van der Waals surface area contributed by atoms with Gasteiger partial charge in [0.05, 0.1) is 26.4 Å². The third kappa shape index (κ3) is 3.69. The van der Waals surface area contributed by atoms with Gasteiger partial charge in [0.15, 0.2) is 5.70 Å². The predicted molar refractivity (Wildman–Crippen MR) is 97.8 cm³/mol. The van der Waals surface area contributed by atoms with Crippen molar-refractivity contribution < 1.29 is 23.7 Å². The zero-order chi connectivity index (χ0) is 18.5. The number of rotatable bonds is 6. The van der Waals surface area contributed by atoms with Crippen LogP contribution in [0.4, 0.5) is 0 Å². The van der Waals surface area contributed by atoms with Gasteiger partial charge in [0.2, 0.25) is 5.90 Å². The normalized spacial score (nSPS) is 14.8. The number of benzene rings is 2. The van der Waals surface area contributed by atoms with Gasteiger partial charge >= 0.3 is 5.97 Å². The lowest BCUT2D eigenvalue weighted by molar-refractivity contribution is -0.129. The van der Waals surface area contributed by atoms with Crippen LogP contribution in [0.1, 0.15) is 18.1 Å². The number of nitrogens with zero attached hydrogens (tertiary/aromatic N) is 1. The van der Waals surface area contributed by atoms with E-state index in [2.05, 4.69) is 4.99 Å². The van der Waals surface area contributed by atoms with E-state index in [0.29, 0.717) is 29.4 Å². The standard InChI is InChI=1S/C20H19NO5/c1-4-25-18-8-6-5-7-16(18)19-21-17(20(22)26-19)11-13-9-14(23-2)12-15(10-13)24-3/h5-12H,4H2,1-3H3/b17-11-. The molecule has 6 nitrogen and oxygen atoms in total. The summed E-state index contributed by atoms with van der Waals surface area (Å²) in [6.07, 6.45) is 1.63. The van der Waals surface area contributed by atoms with Crippen LogP contribution in [0.2, 0.25) is 0 Å². The largest absolute Gasteiger partial charge is 0.497 e. The maximum absolute atomic E-state index is 12.2. The third-order valence-corrected chi connectivity index (χ3v) is 3.71. The van der Waals surface area contributed by atoms with Crippen LogP contribution >= 0.6 is 0 Å². The molecule has 0 spiro atoms. The molecule has 26 heavy (non-hydrogen) atoms. The molecule has 0 atom stereocenters. The summed E-state index contributed by atoms with van der Waals surface area (Å²) in [6.45, 7) is 2.39. The van der Waals surface area contributed by atoms with Crippen LogP contribution in [0.15, 0.2) is 53.2 Å². The molecule has 0 N–H and O–H groups in total. The lowest BCUT2D eigenvalue weighted by atomic mass is 10.1. The van der Waals surface area contributed by atoms with E-state index in [4.69, 9.17) is 18.9 Å². The topological polar surface area (TPSA) is 66.3 Å². The summed E-state index contributed by atoms with van der Waals surface area (Å²) in [5.74, 6) is 1.56. The van der Waals surface area contributed by atoms with Crippen molar-refractivity contribution in [3.05, 3.63) is 59.3 Å². The maximum Gasteiger partial charge on any atom is 0.363 e. The predicted octanol–water partition coefficient (Wildman–Crippen LogP) is 3.45. The fraction of sp³-hybridized carbons (Fsp3) is 0.200. The van der Waals surface area contributed by atoms with Crippen LogP contribution < -0.4 is 14.2 Å². The highest BCUT2D eigenvalue weighted by atomic mass is 16.6. The molecule has 134 valence electrons. The van der Waals surface area contributed by atoms with Gasteiger partial charge in [-0.05, 0) is 42.8 Å².